The topological polar surface area (TPSA) is 110 Å². The lowest BCUT2D eigenvalue weighted by Gasteiger charge is -2.18. The van der Waals surface area contributed by atoms with E-state index < -0.39 is 22.5 Å². The highest BCUT2D eigenvalue weighted by Crippen LogP contribution is 2.18. The highest BCUT2D eigenvalue weighted by Gasteiger charge is 2.19. The quantitative estimate of drug-likeness (QED) is 0.648. The molecule has 1 aromatic rings. The summed E-state index contributed by atoms with van der Waals surface area (Å²) in [5.74, 6) is -1.86. The van der Waals surface area contributed by atoms with Gasteiger partial charge in [0.1, 0.15) is 0 Å². The SMILES string of the molecule is CC(C)(C)CNC(=O)c1cc(C(=O)O)cc([N+](=O)[O-])c1. The molecule has 0 saturated carbocycles. The molecule has 0 fully saturated rings. The molecule has 7 heteroatoms. The molecule has 20 heavy (non-hydrogen) atoms. The molecule has 1 rings (SSSR count). The molecule has 1 amide bonds. The molecule has 0 aromatic heterocycles. The highest BCUT2D eigenvalue weighted by atomic mass is 16.6. The second-order valence-corrected chi connectivity index (χ2v) is 5.57. The third kappa shape index (κ3) is 4.34. The van der Waals surface area contributed by atoms with Crippen LogP contribution in [0.25, 0.3) is 0 Å². The van der Waals surface area contributed by atoms with Gasteiger partial charge < -0.3 is 10.4 Å². The monoisotopic (exact) mass is 280 g/mol. The Morgan fingerprint density at radius 2 is 1.80 bits per heavy atom. The average molecular weight is 280 g/mol. The summed E-state index contributed by atoms with van der Waals surface area (Å²) < 4.78 is 0. The Labute approximate surface area is 115 Å². The largest absolute Gasteiger partial charge is 0.478 e. The first-order valence-corrected chi connectivity index (χ1v) is 5.91. The van der Waals surface area contributed by atoms with E-state index in [9.17, 15) is 19.7 Å². The van der Waals surface area contributed by atoms with Crippen molar-refractivity contribution in [3.63, 3.8) is 0 Å². The Hall–Kier alpha value is -2.44. The van der Waals surface area contributed by atoms with E-state index in [0.717, 1.165) is 18.2 Å². The van der Waals surface area contributed by atoms with Gasteiger partial charge in [0.25, 0.3) is 11.6 Å². The van der Waals surface area contributed by atoms with Crippen molar-refractivity contribution in [2.24, 2.45) is 5.41 Å². The van der Waals surface area contributed by atoms with Crippen LogP contribution in [-0.2, 0) is 0 Å². The van der Waals surface area contributed by atoms with E-state index in [4.69, 9.17) is 5.11 Å². The number of carbonyl (C=O) groups is 2. The number of carbonyl (C=O) groups excluding carboxylic acids is 1. The van der Waals surface area contributed by atoms with Crippen LogP contribution in [0.5, 0.6) is 0 Å². The highest BCUT2D eigenvalue weighted by molar-refractivity contribution is 5.98. The lowest BCUT2D eigenvalue weighted by atomic mass is 9.97. The van der Waals surface area contributed by atoms with Crippen LogP contribution in [0.4, 0.5) is 5.69 Å². The lowest BCUT2D eigenvalue weighted by molar-refractivity contribution is -0.384. The van der Waals surface area contributed by atoms with Gasteiger partial charge in [0.2, 0.25) is 0 Å². The molecule has 0 aliphatic heterocycles. The summed E-state index contributed by atoms with van der Waals surface area (Å²) in [4.78, 5) is 32.8. The number of rotatable bonds is 4. The molecule has 1 aromatic carbocycles. The molecular formula is C13H16N2O5. The molecule has 0 aliphatic rings. The summed E-state index contributed by atoms with van der Waals surface area (Å²) in [6.07, 6.45) is 0. The Balaban J connectivity index is 3.07. The second kappa shape index (κ2) is 5.68. The molecule has 2 N–H and O–H groups in total. The molecule has 0 unspecified atom stereocenters. The standard InChI is InChI=1S/C13H16N2O5/c1-13(2,3)7-14-11(16)8-4-9(12(17)18)6-10(5-8)15(19)20/h4-6H,7H2,1-3H3,(H,14,16)(H,17,18). The van der Waals surface area contributed by atoms with Gasteiger partial charge in [-0.05, 0) is 11.5 Å². The first kappa shape index (κ1) is 15.6. The number of nitrogens with one attached hydrogen (secondary N) is 1. The van der Waals surface area contributed by atoms with Crippen molar-refractivity contribution >= 4 is 17.6 Å². The first-order valence-electron chi connectivity index (χ1n) is 5.91. The predicted molar refractivity (Wildman–Crippen MR) is 71.8 cm³/mol. The van der Waals surface area contributed by atoms with Crippen LogP contribution in [0.1, 0.15) is 41.5 Å². The van der Waals surface area contributed by atoms with Crippen LogP contribution in [-0.4, -0.2) is 28.5 Å². The Bertz CT molecular complexity index is 528. The first-order chi connectivity index (χ1) is 9.10. The van der Waals surface area contributed by atoms with Gasteiger partial charge in [-0.2, -0.15) is 0 Å². The number of amides is 1. The van der Waals surface area contributed by atoms with Gasteiger partial charge in [-0.15, -0.1) is 0 Å². The van der Waals surface area contributed by atoms with Gasteiger partial charge in [0.05, 0.1) is 10.5 Å². The summed E-state index contributed by atoms with van der Waals surface area (Å²) in [7, 11) is 0. The number of carboxylic acid groups (broad SMARTS) is 1. The molecular weight excluding hydrogens is 264 g/mol. The fourth-order valence-electron chi connectivity index (χ4n) is 1.42. The molecule has 0 bridgehead atoms. The molecule has 108 valence electrons. The number of hydrogen-bond acceptors (Lipinski definition) is 4. The van der Waals surface area contributed by atoms with Crippen molar-refractivity contribution in [3.8, 4) is 0 Å². The fraction of sp³-hybridized carbons (Fsp3) is 0.385. The zero-order valence-electron chi connectivity index (χ0n) is 11.5. The van der Waals surface area contributed by atoms with Crippen molar-refractivity contribution in [1.29, 1.82) is 0 Å². The fourth-order valence-corrected chi connectivity index (χ4v) is 1.42. The average Bonchev–Trinajstić information content (AvgIpc) is 2.34. The van der Waals surface area contributed by atoms with Gasteiger partial charge in [-0.25, -0.2) is 4.79 Å². The maximum Gasteiger partial charge on any atom is 0.335 e. The maximum atomic E-state index is 11.9. The van der Waals surface area contributed by atoms with Crippen LogP contribution in [0.15, 0.2) is 18.2 Å². The van der Waals surface area contributed by atoms with E-state index in [-0.39, 0.29) is 16.5 Å². The van der Waals surface area contributed by atoms with Gasteiger partial charge in [0.15, 0.2) is 0 Å². The summed E-state index contributed by atoms with van der Waals surface area (Å²) in [6, 6.07) is 3.10. The van der Waals surface area contributed by atoms with Crippen LogP contribution in [0.3, 0.4) is 0 Å². The maximum absolute atomic E-state index is 11.9. The Kier molecular flexibility index (Phi) is 4.44. The molecule has 0 saturated heterocycles. The summed E-state index contributed by atoms with van der Waals surface area (Å²) in [5.41, 5.74) is -0.904. The van der Waals surface area contributed by atoms with Crippen LogP contribution < -0.4 is 5.32 Å². The van der Waals surface area contributed by atoms with Crippen molar-refractivity contribution in [2.45, 2.75) is 20.8 Å². The minimum absolute atomic E-state index is 0.0409. The van der Waals surface area contributed by atoms with E-state index in [2.05, 4.69) is 5.32 Å². The van der Waals surface area contributed by atoms with Crippen molar-refractivity contribution in [1.82, 2.24) is 5.32 Å². The number of nitrogens with zero attached hydrogens (tertiary/aromatic N) is 1. The number of nitro benzene ring substituents is 1. The van der Waals surface area contributed by atoms with Crippen molar-refractivity contribution in [3.05, 3.63) is 39.4 Å². The number of carboxylic acids is 1. The van der Waals surface area contributed by atoms with E-state index in [1.54, 1.807) is 0 Å². The number of aromatic carboxylic acids is 1. The molecule has 0 atom stereocenters. The number of non-ortho nitro benzene ring substituents is 1. The molecule has 7 nitrogen and oxygen atoms in total. The van der Waals surface area contributed by atoms with E-state index in [0.29, 0.717) is 6.54 Å². The number of hydrogen-bond donors (Lipinski definition) is 2. The van der Waals surface area contributed by atoms with E-state index in [1.807, 2.05) is 20.8 Å². The third-order valence-corrected chi connectivity index (χ3v) is 2.42. The lowest BCUT2D eigenvalue weighted by Crippen LogP contribution is -2.32. The summed E-state index contributed by atoms with van der Waals surface area (Å²) in [6.45, 7) is 6.13. The number of nitro groups is 1. The minimum atomic E-state index is -1.32. The van der Waals surface area contributed by atoms with Gasteiger partial charge >= 0.3 is 5.97 Å². The van der Waals surface area contributed by atoms with Gasteiger partial charge in [-0.3, -0.25) is 14.9 Å². The normalized spacial score (nSPS) is 10.9. The smallest absolute Gasteiger partial charge is 0.335 e. The zero-order valence-corrected chi connectivity index (χ0v) is 11.5. The minimum Gasteiger partial charge on any atom is -0.478 e. The molecule has 0 aliphatic carbocycles. The molecule has 0 heterocycles. The second-order valence-electron chi connectivity index (χ2n) is 5.57. The van der Waals surface area contributed by atoms with Gasteiger partial charge in [-0.1, -0.05) is 20.8 Å². The van der Waals surface area contributed by atoms with Crippen LogP contribution >= 0.6 is 0 Å². The zero-order chi connectivity index (χ0) is 15.5. The van der Waals surface area contributed by atoms with Gasteiger partial charge in [0, 0.05) is 24.2 Å². The Morgan fingerprint density at radius 3 is 2.25 bits per heavy atom. The summed E-state index contributed by atoms with van der Waals surface area (Å²) in [5, 5.41) is 22.3. The van der Waals surface area contributed by atoms with Crippen molar-refractivity contribution < 1.29 is 19.6 Å². The van der Waals surface area contributed by atoms with Crippen LogP contribution in [0.2, 0.25) is 0 Å². The molecule has 0 radical (unpaired) electrons. The van der Waals surface area contributed by atoms with Crippen LogP contribution in [0, 0.1) is 15.5 Å². The van der Waals surface area contributed by atoms with E-state index in [1.165, 1.54) is 0 Å². The predicted octanol–water partition coefficient (Wildman–Crippen LogP) is 2.07. The third-order valence-electron chi connectivity index (χ3n) is 2.42. The molecule has 0 spiro atoms. The summed E-state index contributed by atoms with van der Waals surface area (Å²) >= 11 is 0. The number of benzene rings is 1. The van der Waals surface area contributed by atoms with Crippen molar-refractivity contribution in [2.75, 3.05) is 6.54 Å². The van der Waals surface area contributed by atoms with E-state index >= 15 is 0 Å². The Morgan fingerprint density at radius 1 is 1.25 bits per heavy atom.